The van der Waals surface area contributed by atoms with Crippen LogP contribution in [0.15, 0.2) is 29.1 Å². The lowest BCUT2D eigenvalue weighted by Crippen LogP contribution is -2.32. The first-order valence-electron chi connectivity index (χ1n) is 8.17. The fourth-order valence-electron chi connectivity index (χ4n) is 3.08. The molecule has 0 aliphatic carbocycles. The Hall–Kier alpha value is -2.47. The van der Waals surface area contributed by atoms with Gasteiger partial charge in [-0.3, -0.25) is 9.36 Å². The van der Waals surface area contributed by atoms with Crippen molar-refractivity contribution in [2.45, 2.75) is 40.2 Å². The molecule has 2 aromatic heterocycles. The van der Waals surface area contributed by atoms with Crippen LogP contribution in [0.2, 0.25) is 0 Å². The number of hydrogen-bond acceptors (Lipinski definition) is 4. The summed E-state index contributed by atoms with van der Waals surface area (Å²) in [6, 6.07) is 6.64. The van der Waals surface area contributed by atoms with Crippen molar-refractivity contribution in [3.05, 3.63) is 50.6 Å². The number of carboxylic acids is 1. The molecule has 0 amide bonds. The first-order chi connectivity index (χ1) is 11.9. The van der Waals surface area contributed by atoms with Crippen molar-refractivity contribution in [2.75, 3.05) is 0 Å². The summed E-state index contributed by atoms with van der Waals surface area (Å²) in [5, 5.41) is 10.2. The summed E-state index contributed by atoms with van der Waals surface area (Å²) in [6.07, 6.45) is 0.309. The number of aliphatic carboxylic acids is 1. The van der Waals surface area contributed by atoms with Gasteiger partial charge in [0.05, 0.1) is 5.39 Å². The number of fused-ring (bicyclic) bond motifs is 1. The summed E-state index contributed by atoms with van der Waals surface area (Å²) in [4.78, 5) is 31.4. The molecule has 0 saturated heterocycles. The summed E-state index contributed by atoms with van der Waals surface area (Å²) in [6.45, 7) is 7.54. The standard InChI is InChI=1S/C19H20N2O3S/c1-5-14(19(23)24)21-16(13-9-7-6-8-10(13)2)20-17-15(18(21)22)11(3)12(4)25-17/h6-9,14H,5H2,1-4H3,(H,23,24). The Balaban J connectivity index is 2.48. The zero-order valence-electron chi connectivity index (χ0n) is 14.7. The van der Waals surface area contributed by atoms with Crippen LogP contribution in [0.1, 0.15) is 35.4 Å². The summed E-state index contributed by atoms with van der Waals surface area (Å²) < 4.78 is 1.35. The summed E-state index contributed by atoms with van der Waals surface area (Å²) in [5.74, 6) is -0.601. The third kappa shape index (κ3) is 2.76. The average Bonchev–Trinajstić information content (AvgIpc) is 2.85. The van der Waals surface area contributed by atoms with Crippen LogP contribution in [-0.2, 0) is 4.79 Å². The number of thiophene rings is 1. The van der Waals surface area contributed by atoms with Gasteiger partial charge in [-0.2, -0.15) is 0 Å². The lowest BCUT2D eigenvalue weighted by molar-refractivity contribution is -0.141. The van der Waals surface area contributed by atoms with E-state index in [1.807, 2.05) is 45.0 Å². The molecule has 0 spiro atoms. The predicted molar refractivity (Wildman–Crippen MR) is 100 cm³/mol. The highest BCUT2D eigenvalue weighted by Gasteiger charge is 2.26. The Morgan fingerprint density at radius 3 is 2.56 bits per heavy atom. The van der Waals surface area contributed by atoms with Crippen LogP contribution in [0.4, 0.5) is 0 Å². The smallest absolute Gasteiger partial charge is 0.326 e. The first kappa shape index (κ1) is 17.4. The second-order valence-corrected chi connectivity index (χ2v) is 7.35. The number of carbonyl (C=O) groups is 1. The van der Waals surface area contributed by atoms with Crippen LogP contribution in [0.3, 0.4) is 0 Å². The van der Waals surface area contributed by atoms with E-state index in [4.69, 9.17) is 4.98 Å². The van der Waals surface area contributed by atoms with E-state index in [-0.39, 0.29) is 5.56 Å². The highest BCUT2D eigenvalue weighted by atomic mass is 32.1. The van der Waals surface area contributed by atoms with Gasteiger partial charge in [0.1, 0.15) is 16.7 Å². The molecule has 0 bridgehead atoms. The molecule has 0 aliphatic heterocycles. The normalized spacial score (nSPS) is 12.5. The molecule has 2 heterocycles. The van der Waals surface area contributed by atoms with Gasteiger partial charge in [-0.25, -0.2) is 9.78 Å². The summed E-state index contributed by atoms with van der Waals surface area (Å²) >= 11 is 1.47. The molecule has 3 rings (SSSR count). The molecule has 130 valence electrons. The number of nitrogens with zero attached hydrogens (tertiary/aromatic N) is 2. The van der Waals surface area contributed by atoms with Crippen molar-refractivity contribution in [1.29, 1.82) is 0 Å². The molecule has 1 N–H and O–H groups in total. The molecule has 1 unspecified atom stereocenters. The van der Waals surface area contributed by atoms with Gasteiger partial charge in [0.25, 0.3) is 5.56 Å². The molecule has 3 aromatic rings. The fourth-order valence-corrected chi connectivity index (χ4v) is 4.10. The highest BCUT2D eigenvalue weighted by molar-refractivity contribution is 7.18. The maximum absolute atomic E-state index is 13.2. The molecule has 1 atom stereocenters. The summed E-state index contributed by atoms with van der Waals surface area (Å²) in [7, 11) is 0. The average molecular weight is 356 g/mol. The van der Waals surface area contributed by atoms with Crippen LogP contribution in [0, 0.1) is 20.8 Å². The third-order valence-electron chi connectivity index (χ3n) is 4.60. The SMILES string of the molecule is CCC(C(=O)O)n1c(-c2ccccc2C)nc2sc(C)c(C)c2c1=O. The molecule has 0 radical (unpaired) electrons. The van der Waals surface area contributed by atoms with Gasteiger partial charge in [-0.1, -0.05) is 31.2 Å². The zero-order valence-corrected chi connectivity index (χ0v) is 15.5. The van der Waals surface area contributed by atoms with Gasteiger partial charge in [-0.05, 0) is 38.3 Å². The van der Waals surface area contributed by atoms with Crippen LogP contribution < -0.4 is 5.56 Å². The van der Waals surface area contributed by atoms with Gasteiger partial charge in [0.2, 0.25) is 0 Å². The minimum absolute atomic E-state index is 0.278. The van der Waals surface area contributed by atoms with E-state index in [0.717, 1.165) is 21.6 Å². The number of aromatic nitrogens is 2. The molecule has 0 saturated carbocycles. The quantitative estimate of drug-likeness (QED) is 0.764. The first-order valence-corrected chi connectivity index (χ1v) is 8.99. The highest BCUT2D eigenvalue weighted by Crippen LogP contribution is 2.31. The minimum atomic E-state index is -1.02. The Bertz CT molecular complexity index is 1030. The molecular formula is C19H20N2O3S. The van der Waals surface area contributed by atoms with E-state index in [0.29, 0.717) is 22.5 Å². The maximum Gasteiger partial charge on any atom is 0.326 e. The number of benzene rings is 1. The zero-order chi connectivity index (χ0) is 18.3. The topological polar surface area (TPSA) is 72.2 Å². The van der Waals surface area contributed by atoms with Crippen LogP contribution >= 0.6 is 11.3 Å². The van der Waals surface area contributed by atoms with E-state index in [1.165, 1.54) is 15.9 Å². The number of carboxylic acid groups (broad SMARTS) is 1. The van der Waals surface area contributed by atoms with Crippen molar-refractivity contribution >= 4 is 27.5 Å². The van der Waals surface area contributed by atoms with Crippen LogP contribution in [0.5, 0.6) is 0 Å². The predicted octanol–water partition coefficient (Wildman–Crippen LogP) is 4.09. The van der Waals surface area contributed by atoms with Crippen molar-refractivity contribution in [3.8, 4) is 11.4 Å². The van der Waals surface area contributed by atoms with Crippen LogP contribution in [0.25, 0.3) is 21.6 Å². The molecule has 1 aromatic carbocycles. The van der Waals surface area contributed by atoms with Gasteiger partial charge < -0.3 is 5.11 Å². The van der Waals surface area contributed by atoms with Crippen LogP contribution in [-0.4, -0.2) is 20.6 Å². The molecule has 25 heavy (non-hydrogen) atoms. The number of aryl methyl sites for hydroxylation is 3. The van der Waals surface area contributed by atoms with Crippen molar-refractivity contribution < 1.29 is 9.90 Å². The number of rotatable bonds is 4. The van der Waals surface area contributed by atoms with Gasteiger partial charge in [0, 0.05) is 10.4 Å². The van der Waals surface area contributed by atoms with E-state index < -0.39 is 12.0 Å². The Labute approximate surface area is 149 Å². The Morgan fingerprint density at radius 2 is 1.96 bits per heavy atom. The fraction of sp³-hybridized carbons (Fsp3) is 0.316. The Morgan fingerprint density at radius 1 is 1.28 bits per heavy atom. The van der Waals surface area contributed by atoms with E-state index >= 15 is 0 Å². The van der Waals surface area contributed by atoms with E-state index in [1.54, 1.807) is 6.92 Å². The van der Waals surface area contributed by atoms with Gasteiger partial charge in [0.15, 0.2) is 0 Å². The molecule has 0 fully saturated rings. The van der Waals surface area contributed by atoms with E-state index in [9.17, 15) is 14.7 Å². The maximum atomic E-state index is 13.2. The molecule has 0 aliphatic rings. The van der Waals surface area contributed by atoms with Gasteiger partial charge in [-0.15, -0.1) is 11.3 Å². The second kappa shape index (κ2) is 6.44. The second-order valence-electron chi connectivity index (χ2n) is 6.15. The van der Waals surface area contributed by atoms with Crippen molar-refractivity contribution in [3.63, 3.8) is 0 Å². The lowest BCUT2D eigenvalue weighted by Gasteiger charge is -2.19. The Kier molecular flexibility index (Phi) is 4.47. The van der Waals surface area contributed by atoms with Crippen molar-refractivity contribution in [1.82, 2.24) is 9.55 Å². The van der Waals surface area contributed by atoms with E-state index in [2.05, 4.69) is 0 Å². The minimum Gasteiger partial charge on any atom is -0.480 e. The summed E-state index contributed by atoms with van der Waals surface area (Å²) in [5.41, 5.74) is 2.33. The molecular weight excluding hydrogens is 336 g/mol. The molecule has 5 nitrogen and oxygen atoms in total. The van der Waals surface area contributed by atoms with Gasteiger partial charge >= 0.3 is 5.97 Å². The third-order valence-corrected chi connectivity index (χ3v) is 5.71. The molecule has 6 heteroatoms. The van der Waals surface area contributed by atoms with Crippen molar-refractivity contribution in [2.24, 2.45) is 0 Å². The number of hydrogen-bond donors (Lipinski definition) is 1. The monoisotopic (exact) mass is 356 g/mol. The lowest BCUT2D eigenvalue weighted by atomic mass is 10.1. The largest absolute Gasteiger partial charge is 0.480 e.